The summed E-state index contributed by atoms with van der Waals surface area (Å²) in [7, 11) is 1.63. The maximum Gasteiger partial charge on any atom is 0.261 e. The minimum atomic E-state index is -0.133. The molecular weight excluding hydrogens is 312 g/mol. The van der Waals surface area contributed by atoms with Crippen LogP contribution in [0.1, 0.15) is 21.7 Å². The molecule has 0 fully saturated rings. The molecule has 2 rings (SSSR count). The highest BCUT2D eigenvalue weighted by molar-refractivity contribution is 7.12. The molecule has 2 amide bonds. The highest BCUT2D eigenvalue weighted by atomic mass is 32.1. The van der Waals surface area contributed by atoms with Crippen LogP contribution < -0.4 is 15.4 Å². The van der Waals surface area contributed by atoms with Crippen molar-refractivity contribution in [3.8, 4) is 5.75 Å². The van der Waals surface area contributed by atoms with Crippen LogP contribution in [-0.2, 0) is 11.2 Å². The highest BCUT2D eigenvalue weighted by Crippen LogP contribution is 2.11. The van der Waals surface area contributed by atoms with E-state index in [1.54, 1.807) is 13.2 Å². The zero-order valence-electron chi connectivity index (χ0n) is 13.0. The Kier molecular flexibility index (Phi) is 6.62. The Morgan fingerprint density at radius 2 is 1.87 bits per heavy atom. The molecular formula is C17H20N2O3S. The van der Waals surface area contributed by atoms with Crippen molar-refractivity contribution in [1.82, 2.24) is 10.6 Å². The lowest BCUT2D eigenvalue weighted by molar-refractivity contribution is -0.120. The van der Waals surface area contributed by atoms with Crippen molar-refractivity contribution in [1.29, 1.82) is 0 Å². The van der Waals surface area contributed by atoms with Gasteiger partial charge in [0.1, 0.15) is 5.75 Å². The quantitative estimate of drug-likeness (QED) is 0.779. The molecule has 0 aliphatic heterocycles. The fraction of sp³-hybridized carbons (Fsp3) is 0.294. The molecule has 23 heavy (non-hydrogen) atoms. The second-order valence-electron chi connectivity index (χ2n) is 4.93. The number of carbonyl (C=O) groups excluding carboxylic acids is 2. The summed E-state index contributed by atoms with van der Waals surface area (Å²) in [6.07, 6.45) is 1.04. The summed E-state index contributed by atoms with van der Waals surface area (Å²) in [5, 5.41) is 7.43. The van der Waals surface area contributed by atoms with Gasteiger partial charge in [-0.15, -0.1) is 11.3 Å². The van der Waals surface area contributed by atoms with E-state index in [1.165, 1.54) is 11.3 Å². The molecule has 0 aliphatic carbocycles. The van der Waals surface area contributed by atoms with E-state index in [9.17, 15) is 9.59 Å². The Labute approximate surface area is 139 Å². The van der Waals surface area contributed by atoms with Crippen LogP contribution in [-0.4, -0.2) is 32.0 Å². The molecule has 0 aliphatic rings. The Morgan fingerprint density at radius 1 is 1.09 bits per heavy atom. The lowest BCUT2D eigenvalue weighted by atomic mass is 10.1. The first-order valence-electron chi connectivity index (χ1n) is 7.40. The van der Waals surface area contributed by atoms with Gasteiger partial charge in [-0.25, -0.2) is 0 Å². The van der Waals surface area contributed by atoms with E-state index < -0.39 is 0 Å². The van der Waals surface area contributed by atoms with E-state index in [4.69, 9.17) is 4.74 Å². The summed E-state index contributed by atoms with van der Waals surface area (Å²) < 4.78 is 5.10. The van der Waals surface area contributed by atoms with Gasteiger partial charge in [0.25, 0.3) is 5.91 Å². The zero-order valence-corrected chi connectivity index (χ0v) is 13.8. The van der Waals surface area contributed by atoms with Gasteiger partial charge >= 0.3 is 0 Å². The van der Waals surface area contributed by atoms with Crippen LogP contribution in [0.25, 0.3) is 0 Å². The number of ether oxygens (including phenoxy) is 1. The van der Waals surface area contributed by atoms with E-state index in [0.717, 1.165) is 17.7 Å². The minimum Gasteiger partial charge on any atom is -0.497 e. The van der Waals surface area contributed by atoms with Gasteiger partial charge in [0.2, 0.25) is 5.91 Å². The van der Waals surface area contributed by atoms with E-state index in [2.05, 4.69) is 10.6 Å². The molecule has 0 saturated carbocycles. The molecule has 2 aromatic rings. The summed E-state index contributed by atoms with van der Waals surface area (Å²) in [6, 6.07) is 11.3. The summed E-state index contributed by atoms with van der Waals surface area (Å²) in [6.45, 7) is 0.912. The third-order valence-electron chi connectivity index (χ3n) is 3.28. The van der Waals surface area contributed by atoms with Crippen LogP contribution in [0.15, 0.2) is 41.8 Å². The first kappa shape index (κ1) is 17.0. The molecule has 6 heteroatoms. The van der Waals surface area contributed by atoms with Crippen molar-refractivity contribution < 1.29 is 14.3 Å². The van der Waals surface area contributed by atoms with Gasteiger partial charge in [0, 0.05) is 19.5 Å². The predicted octanol–water partition coefficient (Wildman–Crippen LogP) is 2.24. The molecule has 1 heterocycles. The number of rotatable bonds is 8. The second kappa shape index (κ2) is 8.95. The largest absolute Gasteiger partial charge is 0.497 e. The number of thiophene rings is 1. The Morgan fingerprint density at radius 3 is 2.52 bits per heavy atom. The Balaban J connectivity index is 1.60. The first-order valence-corrected chi connectivity index (χ1v) is 8.28. The van der Waals surface area contributed by atoms with Gasteiger partial charge in [-0.05, 0) is 35.6 Å². The van der Waals surface area contributed by atoms with E-state index in [-0.39, 0.29) is 18.2 Å². The molecule has 0 saturated heterocycles. The number of nitrogens with one attached hydrogen (secondary N) is 2. The Hall–Kier alpha value is -2.34. The number of hydrogen-bond acceptors (Lipinski definition) is 4. The zero-order chi connectivity index (χ0) is 16.5. The molecule has 0 spiro atoms. The summed E-state index contributed by atoms with van der Waals surface area (Å²) in [4.78, 5) is 24.1. The van der Waals surface area contributed by atoms with Gasteiger partial charge in [0.15, 0.2) is 0 Å². The van der Waals surface area contributed by atoms with Crippen molar-refractivity contribution in [3.05, 3.63) is 52.2 Å². The summed E-state index contributed by atoms with van der Waals surface area (Å²) in [5.74, 6) is 0.621. The number of carbonyl (C=O) groups is 2. The van der Waals surface area contributed by atoms with Crippen molar-refractivity contribution >= 4 is 23.2 Å². The molecule has 5 nitrogen and oxygen atoms in total. The lowest BCUT2D eigenvalue weighted by Gasteiger charge is -2.07. The molecule has 0 bridgehead atoms. The molecule has 1 aromatic heterocycles. The van der Waals surface area contributed by atoms with Crippen LogP contribution in [0.2, 0.25) is 0 Å². The van der Waals surface area contributed by atoms with E-state index >= 15 is 0 Å². The van der Waals surface area contributed by atoms with Gasteiger partial charge < -0.3 is 15.4 Å². The number of amides is 2. The van der Waals surface area contributed by atoms with Crippen molar-refractivity contribution in [2.24, 2.45) is 0 Å². The van der Waals surface area contributed by atoms with Gasteiger partial charge in [-0.1, -0.05) is 18.2 Å². The van der Waals surface area contributed by atoms with Crippen LogP contribution in [0.4, 0.5) is 0 Å². The monoisotopic (exact) mass is 332 g/mol. The van der Waals surface area contributed by atoms with Crippen molar-refractivity contribution in [2.75, 3.05) is 20.2 Å². The SMILES string of the molecule is COc1ccc(CCNC(=O)CCNC(=O)c2cccs2)cc1. The number of methoxy groups -OCH3 is 1. The smallest absolute Gasteiger partial charge is 0.261 e. The molecule has 0 atom stereocenters. The number of hydrogen-bond donors (Lipinski definition) is 2. The predicted molar refractivity (Wildman–Crippen MR) is 91.0 cm³/mol. The van der Waals surface area contributed by atoms with Crippen LogP contribution >= 0.6 is 11.3 Å². The molecule has 122 valence electrons. The van der Waals surface area contributed by atoms with Gasteiger partial charge in [-0.2, -0.15) is 0 Å². The fourth-order valence-electron chi connectivity index (χ4n) is 2.01. The Bertz CT molecular complexity index is 624. The molecule has 0 unspecified atom stereocenters. The third kappa shape index (κ3) is 5.75. The topological polar surface area (TPSA) is 67.4 Å². The van der Waals surface area contributed by atoms with Crippen LogP contribution in [0, 0.1) is 0 Å². The maximum absolute atomic E-state index is 11.7. The van der Waals surface area contributed by atoms with Crippen LogP contribution in [0.5, 0.6) is 5.75 Å². The minimum absolute atomic E-state index is 0.0648. The normalized spacial score (nSPS) is 10.1. The van der Waals surface area contributed by atoms with Crippen molar-refractivity contribution in [3.63, 3.8) is 0 Å². The lowest BCUT2D eigenvalue weighted by Crippen LogP contribution is -2.31. The van der Waals surface area contributed by atoms with E-state index in [1.807, 2.05) is 35.7 Å². The molecule has 1 aromatic carbocycles. The number of benzene rings is 1. The van der Waals surface area contributed by atoms with Crippen LogP contribution in [0.3, 0.4) is 0 Å². The molecule has 2 N–H and O–H groups in total. The van der Waals surface area contributed by atoms with E-state index in [0.29, 0.717) is 18.0 Å². The van der Waals surface area contributed by atoms with Gasteiger partial charge in [0.05, 0.1) is 12.0 Å². The fourth-order valence-corrected chi connectivity index (χ4v) is 2.65. The second-order valence-corrected chi connectivity index (χ2v) is 5.88. The third-order valence-corrected chi connectivity index (χ3v) is 4.15. The first-order chi connectivity index (χ1) is 11.2. The van der Waals surface area contributed by atoms with Crippen molar-refractivity contribution in [2.45, 2.75) is 12.8 Å². The standard InChI is InChI=1S/C17H20N2O3S/c1-22-14-6-4-13(5-7-14)8-10-18-16(20)9-11-19-17(21)15-3-2-12-23-15/h2-7,12H,8-11H2,1H3,(H,18,20)(H,19,21). The molecule has 0 radical (unpaired) electrons. The summed E-state index contributed by atoms with van der Waals surface area (Å²) >= 11 is 1.38. The van der Waals surface area contributed by atoms with Gasteiger partial charge in [-0.3, -0.25) is 9.59 Å². The average molecular weight is 332 g/mol. The average Bonchev–Trinajstić information content (AvgIpc) is 3.10. The summed E-state index contributed by atoms with van der Waals surface area (Å²) in [5.41, 5.74) is 1.14. The maximum atomic E-state index is 11.7. The highest BCUT2D eigenvalue weighted by Gasteiger charge is 2.07.